The van der Waals surface area contributed by atoms with E-state index in [1.165, 1.54) is 36.5 Å². The number of benzene rings is 2. The first kappa shape index (κ1) is 21.3. The van der Waals surface area contributed by atoms with Crippen LogP contribution in [0.2, 0.25) is 5.02 Å². The number of hydrogen-bond donors (Lipinski definition) is 0. The number of rotatable bonds is 8. The molecule has 0 N–H and O–H groups in total. The van der Waals surface area contributed by atoms with Gasteiger partial charge in [-0.25, -0.2) is 12.4 Å². The molecule has 7 nitrogen and oxygen atoms in total. The van der Waals surface area contributed by atoms with E-state index in [1.807, 2.05) is 19.0 Å². The Bertz CT molecular complexity index is 1130. The lowest BCUT2D eigenvalue weighted by atomic mass is 10.2. The highest BCUT2D eigenvalue weighted by Gasteiger charge is 2.26. The number of nitrogens with zero attached hydrogens (tertiary/aromatic N) is 2. The molecule has 0 fully saturated rings. The second-order valence-corrected chi connectivity index (χ2v) is 8.84. The van der Waals surface area contributed by atoms with Crippen molar-refractivity contribution in [3.63, 3.8) is 0 Å². The zero-order chi connectivity index (χ0) is 21.2. The van der Waals surface area contributed by atoms with E-state index in [2.05, 4.69) is 0 Å². The lowest BCUT2D eigenvalue weighted by Crippen LogP contribution is -2.19. The minimum Gasteiger partial charge on any atom is -0.497 e. The maximum absolute atomic E-state index is 13.5. The molecular weight excluding hydrogens is 416 g/mol. The Labute approximate surface area is 175 Å². The van der Waals surface area contributed by atoms with Crippen molar-refractivity contribution in [1.29, 1.82) is 0 Å². The van der Waals surface area contributed by atoms with Crippen molar-refractivity contribution in [1.82, 2.24) is 8.87 Å². The molecule has 29 heavy (non-hydrogen) atoms. The fraction of sp³-hybridized carbons (Fsp3) is 0.300. The maximum Gasteiger partial charge on any atom is 0.271 e. The van der Waals surface area contributed by atoms with Gasteiger partial charge >= 0.3 is 0 Å². The quantitative estimate of drug-likeness (QED) is 0.536. The third kappa shape index (κ3) is 4.29. The fourth-order valence-electron chi connectivity index (χ4n) is 2.89. The van der Waals surface area contributed by atoms with E-state index in [9.17, 15) is 8.42 Å². The Morgan fingerprint density at radius 3 is 2.45 bits per heavy atom. The van der Waals surface area contributed by atoms with Gasteiger partial charge in [-0.15, -0.1) is 0 Å². The smallest absolute Gasteiger partial charge is 0.271 e. The van der Waals surface area contributed by atoms with Gasteiger partial charge in [-0.3, -0.25) is 0 Å². The molecule has 1 heterocycles. The second kappa shape index (κ2) is 8.52. The second-order valence-electron chi connectivity index (χ2n) is 6.62. The van der Waals surface area contributed by atoms with Crippen LogP contribution in [0.4, 0.5) is 0 Å². The minimum atomic E-state index is -3.96. The average Bonchev–Trinajstić information content (AvgIpc) is 3.05. The van der Waals surface area contributed by atoms with E-state index in [4.69, 9.17) is 25.8 Å². The van der Waals surface area contributed by atoms with Crippen LogP contribution in [0, 0.1) is 0 Å². The molecule has 0 amide bonds. The molecule has 0 atom stereocenters. The monoisotopic (exact) mass is 438 g/mol. The Hall–Kier alpha value is -2.42. The molecule has 2 aromatic carbocycles. The zero-order valence-electron chi connectivity index (χ0n) is 16.7. The molecule has 3 aromatic rings. The van der Waals surface area contributed by atoms with Gasteiger partial charge in [0, 0.05) is 23.0 Å². The topological polar surface area (TPSA) is 70.0 Å². The number of hydrogen-bond acceptors (Lipinski definition) is 6. The van der Waals surface area contributed by atoms with Crippen molar-refractivity contribution in [3.8, 4) is 17.2 Å². The summed E-state index contributed by atoms with van der Waals surface area (Å²) >= 11 is 6.14. The third-order valence-electron chi connectivity index (χ3n) is 4.40. The molecule has 0 unspecified atom stereocenters. The number of fused-ring (bicyclic) bond motifs is 1. The van der Waals surface area contributed by atoms with Crippen LogP contribution >= 0.6 is 11.6 Å². The van der Waals surface area contributed by atoms with Crippen LogP contribution in [0.15, 0.2) is 47.5 Å². The van der Waals surface area contributed by atoms with Crippen LogP contribution in [-0.4, -0.2) is 58.8 Å². The molecule has 156 valence electrons. The van der Waals surface area contributed by atoms with Gasteiger partial charge in [0.25, 0.3) is 10.0 Å². The molecule has 1 aromatic heterocycles. The van der Waals surface area contributed by atoms with Crippen LogP contribution < -0.4 is 14.2 Å². The van der Waals surface area contributed by atoms with E-state index in [0.29, 0.717) is 40.6 Å². The molecule has 0 aliphatic rings. The van der Waals surface area contributed by atoms with Gasteiger partial charge in [0.1, 0.15) is 28.8 Å². The number of likely N-dealkylation sites (N-methyl/N-ethyl adjacent to an activating group) is 1. The highest BCUT2D eigenvalue weighted by molar-refractivity contribution is 7.90. The average molecular weight is 439 g/mol. The Morgan fingerprint density at radius 1 is 1.03 bits per heavy atom. The number of ether oxygens (including phenoxy) is 3. The van der Waals surface area contributed by atoms with Crippen LogP contribution in [0.1, 0.15) is 0 Å². The predicted octanol–water partition coefficient (Wildman–Crippen LogP) is 3.49. The van der Waals surface area contributed by atoms with E-state index >= 15 is 0 Å². The standard InChI is InChI=1S/C20H23ClN2O5S/c1-22(2)9-10-28-19-13-23(17-7-5-14(21)11-16(17)19)29(24,25)20-8-6-15(26-3)12-18(20)27-4/h5-8,11-13H,9-10H2,1-4H3. The van der Waals surface area contributed by atoms with Crippen molar-refractivity contribution in [3.05, 3.63) is 47.6 Å². The van der Waals surface area contributed by atoms with Crippen LogP contribution in [0.25, 0.3) is 10.9 Å². The largest absolute Gasteiger partial charge is 0.497 e. The Kier molecular flexibility index (Phi) is 6.26. The summed E-state index contributed by atoms with van der Waals surface area (Å²) in [6.07, 6.45) is 1.47. The fourth-order valence-corrected chi connectivity index (χ4v) is 4.56. The molecule has 0 bridgehead atoms. The summed E-state index contributed by atoms with van der Waals surface area (Å²) in [6, 6.07) is 9.56. The molecule has 0 radical (unpaired) electrons. The molecule has 0 saturated carbocycles. The third-order valence-corrected chi connectivity index (χ3v) is 6.35. The van der Waals surface area contributed by atoms with Gasteiger partial charge in [-0.05, 0) is 44.4 Å². The summed E-state index contributed by atoms with van der Waals surface area (Å²) in [7, 11) is 2.82. The first-order valence-corrected chi connectivity index (χ1v) is 10.7. The van der Waals surface area contributed by atoms with Gasteiger partial charge in [0.2, 0.25) is 0 Å². The number of aromatic nitrogens is 1. The van der Waals surface area contributed by atoms with Crippen molar-refractivity contribution in [2.45, 2.75) is 4.90 Å². The van der Waals surface area contributed by atoms with Crippen molar-refractivity contribution in [2.75, 3.05) is 41.5 Å². The van der Waals surface area contributed by atoms with Gasteiger partial charge < -0.3 is 19.1 Å². The molecule has 0 saturated heterocycles. The van der Waals surface area contributed by atoms with Crippen LogP contribution in [0.3, 0.4) is 0 Å². The highest BCUT2D eigenvalue weighted by atomic mass is 35.5. The van der Waals surface area contributed by atoms with Gasteiger partial charge in [0.15, 0.2) is 0 Å². The predicted molar refractivity (Wildman–Crippen MR) is 113 cm³/mol. The summed E-state index contributed by atoms with van der Waals surface area (Å²) in [6.45, 7) is 1.09. The van der Waals surface area contributed by atoms with Crippen molar-refractivity contribution < 1.29 is 22.6 Å². The summed E-state index contributed by atoms with van der Waals surface area (Å²) in [5.41, 5.74) is 0.465. The summed E-state index contributed by atoms with van der Waals surface area (Å²) in [5, 5.41) is 1.11. The number of halogens is 1. The molecule has 3 rings (SSSR count). The van der Waals surface area contributed by atoms with Gasteiger partial charge in [0.05, 0.1) is 25.9 Å². The maximum atomic E-state index is 13.5. The Balaban J connectivity index is 2.13. The van der Waals surface area contributed by atoms with Crippen molar-refractivity contribution >= 4 is 32.5 Å². The SMILES string of the molecule is COc1ccc(S(=O)(=O)n2cc(OCCN(C)C)c3cc(Cl)ccc32)c(OC)c1. The van der Waals surface area contributed by atoms with Gasteiger partial charge in [-0.1, -0.05) is 11.6 Å². The first-order chi connectivity index (χ1) is 13.8. The molecule has 0 spiro atoms. The minimum absolute atomic E-state index is 0.0208. The molecular formula is C20H23ClN2O5S. The van der Waals surface area contributed by atoms with Crippen LogP contribution in [0.5, 0.6) is 17.2 Å². The normalized spacial score (nSPS) is 11.8. The highest BCUT2D eigenvalue weighted by Crippen LogP contribution is 2.36. The lowest BCUT2D eigenvalue weighted by Gasteiger charge is -2.12. The Morgan fingerprint density at radius 2 is 1.79 bits per heavy atom. The first-order valence-electron chi connectivity index (χ1n) is 8.83. The summed E-state index contributed by atoms with van der Waals surface area (Å²) in [4.78, 5) is 2.00. The van der Waals surface area contributed by atoms with Gasteiger partial charge in [-0.2, -0.15) is 0 Å². The molecule has 0 aliphatic carbocycles. The number of methoxy groups -OCH3 is 2. The van der Waals surface area contributed by atoms with Crippen molar-refractivity contribution in [2.24, 2.45) is 0 Å². The molecule has 9 heteroatoms. The van der Waals surface area contributed by atoms with E-state index in [-0.39, 0.29) is 10.6 Å². The summed E-state index contributed by atoms with van der Waals surface area (Å²) < 4.78 is 44.4. The van der Waals surface area contributed by atoms with E-state index < -0.39 is 10.0 Å². The molecule has 0 aliphatic heterocycles. The van der Waals surface area contributed by atoms with Crippen LogP contribution in [-0.2, 0) is 10.0 Å². The zero-order valence-corrected chi connectivity index (χ0v) is 18.2. The van der Waals surface area contributed by atoms with E-state index in [1.54, 1.807) is 24.3 Å². The lowest BCUT2D eigenvalue weighted by molar-refractivity contribution is 0.263. The summed E-state index contributed by atoms with van der Waals surface area (Å²) in [5.74, 6) is 1.13. The van der Waals surface area contributed by atoms with E-state index in [0.717, 1.165) is 0 Å².